The summed E-state index contributed by atoms with van der Waals surface area (Å²) >= 11 is 12.2. The summed E-state index contributed by atoms with van der Waals surface area (Å²) < 4.78 is 33.0. The van der Waals surface area contributed by atoms with Crippen molar-refractivity contribution in [1.29, 1.82) is 0 Å². The van der Waals surface area contributed by atoms with E-state index >= 15 is 0 Å². The Labute approximate surface area is 197 Å². The number of benzene rings is 3. The fourth-order valence-corrected chi connectivity index (χ4v) is 5.11. The molecule has 32 heavy (non-hydrogen) atoms. The molecule has 1 amide bonds. The van der Waals surface area contributed by atoms with E-state index in [-0.39, 0.29) is 34.6 Å². The standard InChI is InChI=1S/C23H22Cl2N2O4S/c1-31-20-10-7-17(8-11-20)14-26-23(28)16-27(15-18-5-3-2-4-6-18)32(29,30)22-13-19(24)9-12-21(22)25/h2-13H,14-16H2,1H3,(H,26,28). The number of carbonyl (C=O) groups excluding carboxylic acids is 1. The number of ether oxygens (including phenoxy) is 1. The molecule has 0 aromatic heterocycles. The van der Waals surface area contributed by atoms with Crippen LogP contribution in [0.2, 0.25) is 10.0 Å². The highest BCUT2D eigenvalue weighted by Gasteiger charge is 2.29. The molecule has 0 spiro atoms. The quantitative estimate of drug-likeness (QED) is 0.476. The topological polar surface area (TPSA) is 75.7 Å². The number of hydrogen-bond donors (Lipinski definition) is 1. The molecule has 0 aliphatic rings. The maximum atomic E-state index is 13.4. The van der Waals surface area contributed by atoms with Crippen molar-refractivity contribution in [2.24, 2.45) is 0 Å². The van der Waals surface area contributed by atoms with E-state index in [0.717, 1.165) is 15.4 Å². The van der Waals surface area contributed by atoms with Crippen LogP contribution in [0.25, 0.3) is 0 Å². The van der Waals surface area contributed by atoms with Crippen LogP contribution in [0, 0.1) is 0 Å². The molecule has 0 saturated heterocycles. The summed E-state index contributed by atoms with van der Waals surface area (Å²) in [4.78, 5) is 12.5. The van der Waals surface area contributed by atoms with Crippen LogP contribution < -0.4 is 10.1 Å². The minimum Gasteiger partial charge on any atom is -0.497 e. The predicted molar refractivity (Wildman–Crippen MR) is 125 cm³/mol. The highest BCUT2D eigenvalue weighted by molar-refractivity contribution is 7.89. The predicted octanol–water partition coefficient (Wildman–Crippen LogP) is 4.51. The number of methoxy groups -OCH3 is 1. The molecule has 6 nitrogen and oxygen atoms in total. The third-order valence-corrected chi connectivity index (χ3v) is 7.19. The Balaban J connectivity index is 1.80. The van der Waals surface area contributed by atoms with Crippen molar-refractivity contribution in [2.45, 2.75) is 18.0 Å². The third kappa shape index (κ3) is 6.23. The number of carbonyl (C=O) groups is 1. The Morgan fingerprint density at radius 3 is 2.31 bits per heavy atom. The van der Waals surface area contributed by atoms with Crippen LogP contribution in [0.4, 0.5) is 0 Å². The SMILES string of the molecule is COc1ccc(CNC(=O)CN(Cc2ccccc2)S(=O)(=O)c2cc(Cl)ccc2Cl)cc1. The molecule has 0 atom stereocenters. The van der Waals surface area contributed by atoms with Gasteiger partial charge in [-0.25, -0.2) is 8.42 Å². The number of nitrogens with one attached hydrogen (secondary N) is 1. The average molecular weight is 493 g/mol. The Morgan fingerprint density at radius 1 is 0.969 bits per heavy atom. The Morgan fingerprint density at radius 2 is 1.66 bits per heavy atom. The molecule has 0 aliphatic heterocycles. The van der Waals surface area contributed by atoms with Gasteiger partial charge in [-0.3, -0.25) is 4.79 Å². The number of sulfonamides is 1. The zero-order valence-corrected chi connectivity index (χ0v) is 19.6. The lowest BCUT2D eigenvalue weighted by molar-refractivity contribution is -0.121. The van der Waals surface area contributed by atoms with Crippen molar-refractivity contribution >= 4 is 39.1 Å². The number of halogens is 2. The summed E-state index contributed by atoms with van der Waals surface area (Å²) in [6, 6.07) is 20.4. The Bertz CT molecular complexity index is 1170. The highest BCUT2D eigenvalue weighted by Crippen LogP contribution is 2.28. The first kappa shape index (κ1) is 24.1. The Kier molecular flexibility index (Phi) is 8.15. The van der Waals surface area contributed by atoms with Gasteiger partial charge in [0.2, 0.25) is 15.9 Å². The van der Waals surface area contributed by atoms with Crippen LogP contribution in [-0.4, -0.2) is 32.3 Å². The molecule has 168 valence electrons. The van der Waals surface area contributed by atoms with Gasteiger partial charge in [0.05, 0.1) is 18.7 Å². The van der Waals surface area contributed by atoms with E-state index in [0.29, 0.717) is 5.75 Å². The van der Waals surface area contributed by atoms with Crippen LogP contribution in [0.15, 0.2) is 77.7 Å². The molecule has 0 aliphatic carbocycles. The summed E-state index contributed by atoms with van der Waals surface area (Å²) in [7, 11) is -2.53. The average Bonchev–Trinajstić information content (AvgIpc) is 2.79. The summed E-state index contributed by atoms with van der Waals surface area (Å²) in [5, 5.41) is 3.02. The molecule has 9 heteroatoms. The first-order valence-electron chi connectivity index (χ1n) is 9.68. The lowest BCUT2D eigenvalue weighted by atomic mass is 10.2. The molecule has 0 unspecified atom stereocenters. The maximum Gasteiger partial charge on any atom is 0.245 e. The fraction of sp³-hybridized carbons (Fsp3) is 0.174. The second-order valence-electron chi connectivity index (χ2n) is 6.96. The molecule has 0 radical (unpaired) electrons. The lowest BCUT2D eigenvalue weighted by Gasteiger charge is -2.22. The number of nitrogens with zero attached hydrogens (tertiary/aromatic N) is 1. The zero-order valence-electron chi connectivity index (χ0n) is 17.3. The highest BCUT2D eigenvalue weighted by atomic mass is 35.5. The molecule has 3 aromatic carbocycles. The second kappa shape index (κ2) is 10.8. The van der Waals surface area contributed by atoms with Crippen LogP contribution in [-0.2, 0) is 27.9 Å². The van der Waals surface area contributed by atoms with Gasteiger partial charge in [0.15, 0.2) is 0 Å². The molecule has 0 heterocycles. The van der Waals surface area contributed by atoms with E-state index < -0.39 is 15.9 Å². The van der Waals surface area contributed by atoms with Gasteiger partial charge in [-0.1, -0.05) is 65.7 Å². The van der Waals surface area contributed by atoms with E-state index in [1.165, 1.54) is 18.2 Å². The maximum absolute atomic E-state index is 13.4. The number of rotatable bonds is 9. The first-order valence-corrected chi connectivity index (χ1v) is 11.9. The molecular weight excluding hydrogens is 471 g/mol. The van der Waals surface area contributed by atoms with Crippen LogP contribution in [0.3, 0.4) is 0 Å². The van der Waals surface area contributed by atoms with Gasteiger partial charge in [0.25, 0.3) is 0 Å². The molecule has 3 aromatic rings. The van der Waals surface area contributed by atoms with E-state index in [4.69, 9.17) is 27.9 Å². The Hall–Kier alpha value is -2.58. The third-order valence-electron chi connectivity index (χ3n) is 4.68. The second-order valence-corrected chi connectivity index (χ2v) is 9.71. The molecule has 0 saturated carbocycles. The molecule has 0 bridgehead atoms. The van der Waals surface area contributed by atoms with Crippen molar-refractivity contribution in [2.75, 3.05) is 13.7 Å². The lowest BCUT2D eigenvalue weighted by Crippen LogP contribution is -2.40. The monoisotopic (exact) mass is 492 g/mol. The fourth-order valence-electron chi connectivity index (χ4n) is 2.99. The van der Waals surface area contributed by atoms with Gasteiger partial charge >= 0.3 is 0 Å². The molecular formula is C23H22Cl2N2O4S. The van der Waals surface area contributed by atoms with E-state index in [2.05, 4.69) is 5.32 Å². The summed E-state index contributed by atoms with van der Waals surface area (Å²) in [5.41, 5.74) is 1.59. The minimum absolute atomic E-state index is 0.00196. The van der Waals surface area contributed by atoms with Crippen molar-refractivity contribution in [3.8, 4) is 5.75 Å². The van der Waals surface area contributed by atoms with Gasteiger partial charge < -0.3 is 10.1 Å². The molecule has 3 rings (SSSR count). The first-order chi connectivity index (χ1) is 15.3. The van der Waals surface area contributed by atoms with Crippen molar-refractivity contribution in [1.82, 2.24) is 9.62 Å². The number of amides is 1. The van der Waals surface area contributed by atoms with Crippen molar-refractivity contribution in [3.63, 3.8) is 0 Å². The minimum atomic E-state index is -4.10. The summed E-state index contributed by atoms with van der Waals surface area (Å²) in [6.45, 7) is -0.127. The van der Waals surface area contributed by atoms with Crippen LogP contribution in [0.1, 0.15) is 11.1 Å². The van der Waals surface area contributed by atoms with Gasteiger partial charge in [-0.15, -0.1) is 0 Å². The summed E-state index contributed by atoms with van der Waals surface area (Å²) in [5.74, 6) is 0.261. The van der Waals surface area contributed by atoms with E-state index in [1.54, 1.807) is 43.5 Å². The van der Waals surface area contributed by atoms with E-state index in [9.17, 15) is 13.2 Å². The van der Waals surface area contributed by atoms with Gasteiger partial charge in [0, 0.05) is 18.1 Å². The van der Waals surface area contributed by atoms with Crippen molar-refractivity contribution in [3.05, 3.63) is 94.0 Å². The number of hydrogen-bond acceptors (Lipinski definition) is 4. The van der Waals surface area contributed by atoms with Gasteiger partial charge in [-0.2, -0.15) is 4.31 Å². The van der Waals surface area contributed by atoms with Gasteiger partial charge in [0.1, 0.15) is 10.6 Å². The largest absolute Gasteiger partial charge is 0.497 e. The normalized spacial score (nSPS) is 11.4. The summed E-state index contributed by atoms with van der Waals surface area (Å²) in [6.07, 6.45) is 0. The molecule has 0 fully saturated rings. The van der Waals surface area contributed by atoms with Gasteiger partial charge in [-0.05, 0) is 41.5 Å². The smallest absolute Gasteiger partial charge is 0.245 e. The van der Waals surface area contributed by atoms with Crippen LogP contribution in [0.5, 0.6) is 5.75 Å². The van der Waals surface area contributed by atoms with Crippen LogP contribution >= 0.6 is 23.2 Å². The van der Waals surface area contributed by atoms with E-state index in [1.807, 2.05) is 18.2 Å². The zero-order chi connectivity index (χ0) is 23.1. The van der Waals surface area contributed by atoms with Crippen molar-refractivity contribution < 1.29 is 17.9 Å². The molecule has 1 N–H and O–H groups in total.